The van der Waals surface area contributed by atoms with Crippen molar-refractivity contribution in [1.29, 1.82) is 0 Å². The number of phenolic OH excluding ortho intramolecular Hbond substituents is 3. The minimum absolute atomic E-state index is 0.0303. The Morgan fingerprint density at radius 3 is 2.50 bits per heavy atom. The summed E-state index contributed by atoms with van der Waals surface area (Å²) < 4.78 is 0. The van der Waals surface area contributed by atoms with E-state index < -0.39 is 0 Å². The van der Waals surface area contributed by atoms with E-state index in [1.807, 2.05) is 6.92 Å². The van der Waals surface area contributed by atoms with Gasteiger partial charge >= 0.3 is 0 Å². The van der Waals surface area contributed by atoms with E-state index in [-0.39, 0.29) is 34.0 Å². The van der Waals surface area contributed by atoms with Crippen LogP contribution in [0.3, 0.4) is 0 Å². The molecule has 0 aliphatic heterocycles. The largest absolute Gasteiger partial charge is 0.508 e. The average molecular weight is 246 g/mol. The lowest BCUT2D eigenvalue weighted by molar-refractivity contribution is 0.0979. The van der Waals surface area contributed by atoms with Gasteiger partial charge in [-0.2, -0.15) is 0 Å². The van der Waals surface area contributed by atoms with Crippen LogP contribution in [0.2, 0.25) is 0 Å². The quantitative estimate of drug-likeness (QED) is 0.574. The molecule has 94 valence electrons. The van der Waals surface area contributed by atoms with Crippen molar-refractivity contribution in [2.24, 2.45) is 0 Å². The second-order valence-electron chi connectivity index (χ2n) is 4.19. The Labute approximate surface area is 104 Å². The Kier molecular flexibility index (Phi) is 3.10. The van der Waals surface area contributed by atoms with E-state index in [2.05, 4.69) is 0 Å². The van der Waals surface area contributed by atoms with Crippen molar-refractivity contribution >= 4 is 16.6 Å². The first kappa shape index (κ1) is 12.2. The topological polar surface area (TPSA) is 77.8 Å². The first-order valence-corrected chi connectivity index (χ1v) is 5.75. The third-order valence-electron chi connectivity index (χ3n) is 2.85. The lowest BCUT2D eigenvalue weighted by atomic mass is 9.99. The van der Waals surface area contributed by atoms with Gasteiger partial charge in [-0.25, -0.2) is 0 Å². The molecule has 3 N–H and O–H groups in total. The number of phenols is 3. The molecule has 0 aromatic heterocycles. The first-order valence-electron chi connectivity index (χ1n) is 5.75. The summed E-state index contributed by atoms with van der Waals surface area (Å²) in [6, 6.07) is 5.50. The van der Waals surface area contributed by atoms with Crippen LogP contribution in [-0.4, -0.2) is 21.1 Å². The number of benzene rings is 2. The second kappa shape index (κ2) is 4.56. The minimum Gasteiger partial charge on any atom is -0.508 e. The van der Waals surface area contributed by atoms with Gasteiger partial charge in [-0.1, -0.05) is 6.92 Å². The molecule has 0 atom stereocenters. The summed E-state index contributed by atoms with van der Waals surface area (Å²) in [6.45, 7) is 1.86. The maximum atomic E-state index is 11.8. The fraction of sp³-hybridized carbons (Fsp3) is 0.214. The van der Waals surface area contributed by atoms with Gasteiger partial charge in [0, 0.05) is 17.2 Å². The number of aromatic hydroxyl groups is 3. The third-order valence-corrected chi connectivity index (χ3v) is 2.85. The third kappa shape index (κ3) is 1.97. The molecule has 2 rings (SSSR count). The van der Waals surface area contributed by atoms with Crippen molar-refractivity contribution in [3.8, 4) is 17.2 Å². The van der Waals surface area contributed by atoms with E-state index in [1.165, 1.54) is 24.3 Å². The van der Waals surface area contributed by atoms with Gasteiger partial charge in [0.2, 0.25) is 0 Å². The maximum Gasteiger partial charge on any atom is 0.166 e. The Morgan fingerprint density at radius 2 is 1.83 bits per heavy atom. The number of hydrogen-bond donors (Lipinski definition) is 3. The normalized spacial score (nSPS) is 10.7. The molecule has 0 saturated carbocycles. The Bertz CT molecular complexity index is 617. The number of carbonyl (C=O) groups is 1. The summed E-state index contributed by atoms with van der Waals surface area (Å²) in [5.41, 5.74) is 0.0902. The van der Waals surface area contributed by atoms with Gasteiger partial charge in [0.15, 0.2) is 5.78 Å². The lowest BCUT2D eigenvalue weighted by Crippen LogP contribution is -1.99. The highest BCUT2D eigenvalue weighted by molar-refractivity contribution is 6.06. The van der Waals surface area contributed by atoms with Crippen LogP contribution >= 0.6 is 0 Å². The molecule has 0 spiro atoms. The number of carbonyl (C=O) groups excluding carboxylic acids is 1. The van der Waals surface area contributed by atoms with Crippen molar-refractivity contribution in [2.45, 2.75) is 19.8 Å². The monoisotopic (exact) mass is 246 g/mol. The van der Waals surface area contributed by atoms with Crippen LogP contribution in [0.4, 0.5) is 0 Å². The molecule has 0 aliphatic rings. The number of fused-ring (bicyclic) bond motifs is 1. The zero-order chi connectivity index (χ0) is 13.3. The van der Waals surface area contributed by atoms with E-state index >= 15 is 0 Å². The minimum atomic E-state index is -0.226. The van der Waals surface area contributed by atoms with E-state index in [1.54, 1.807) is 0 Å². The maximum absolute atomic E-state index is 11.8. The molecule has 0 saturated heterocycles. The number of rotatable bonds is 3. The summed E-state index contributed by atoms with van der Waals surface area (Å²) in [7, 11) is 0. The first-order chi connectivity index (χ1) is 8.54. The molecule has 0 radical (unpaired) electrons. The fourth-order valence-corrected chi connectivity index (χ4v) is 1.95. The Morgan fingerprint density at radius 1 is 1.11 bits per heavy atom. The molecule has 4 heteroatoms. The molecule has 18 heavy (non-hydrogen) atoms. The molecule has 0 aliphatic carbocycles. The molecule has 4 nitrogen and oxygen atoms in total. The van der Waals surface area contributed by atoms with Crippen LogP contribution in [0.5, 0.6) is 17.2 Å². The van der Waals surface area contributed by atoms with Gasteiger partial charge in [0.05, 0.1) is 5.56 Å². The second-order valence-corrected chi connectivity index (χ2v) is 4.19. The van der Waals surface area contributed by atoms with Crippen molar-refractivity contribution in [1.82, 2.24) is 0 Å². The number of hydrogen-bond acceptors (Lipinski definition) is 4. The van der Waals surface area contributed by atoms with Crippen LogP contribution in [0, 0.1) is 0 Å². The zero-order valence-corrected chi connectivity index (χ0v) is 9.97. The molecule has 0 heterocycles. The van der Waals surface area contributed by atoms with Crippen molar-refractivity contribution in [2.75, 3.05) is 0 Å². The zero-order valence-electron chi connectivity index (χ0n) is 9.97. The van der Waals surface area contributed by atoms with E-state index in [0.29, 0.717) is 18.2 Å². The molecule has 0 amide bonds. The molecule has 0 bridgehead atoms. The van der Waals surface area contributed by atoms with Crippen LogP contribution in [-0.2, 0) is 0 Å². The summed E-state index contributed by atoms with van der Waals surface area (Å²) in [6.07, 6.45) is 0.967. The van der Waals surface area contributed by atoms with Crippen LogP contribution in [0.25, 0.3) is 10.8 Å². The van der Waals surface area contributed by atoms with Crippen LogP contribution in [0.1, 0.15) is 30.1 Å². The van der Waals surface area contributed by atoms with E-state index in [0.717, 1.165) is 0 Å². The van der Waals surface area contributed by atoms with E-state index in [9.17, 15) is 20.1 Å². The van der Waals surface area contributed by atoms with Crippen LogP contribution in [0.15, 0.2) is 24.3 Å². The van der Waals surface area contributed by atoms with Gasteiger partial charge in [-0.3, -0.25) is 4.79 Å². The molecule has 0 fully saturated rings. The smallest absolute Gasteiger partial charge is 0.166 e. The van der Waals surface area contributed by atoms with Gasteiger partial charge in [-0.05, 0) is 30.7 Å². The fourth-order valence-electron chi connectivity index (χ4n) is 1.95. The van der Waals surface area contributed by atoms with Crippen molar-refractivity contribution in [3.63, 3.8) is 0 Å². The standard InChI is InChI=1S/C14H14O4/c1-2-3-12(16)11-7-13(17)9-5-4-8(15)6-10(9)14(11)18/h4-7,15,17-18H,2-3H2,1H3. The highest BCUT2D eigenvalue weighted by Crippen LogP contribution is 2.37. The van der Waals surface area contributed by atoms with E-state index in [4.69, 9.17) is 0 Å². The molecule has 0 unspecified atom stereocenters. The predicted octanol–water partition coefficient (Wildman–Crippen LogP) is 2.94. The lowest BCUT2D eigenvalue weighted by Gasteiger charge is -2.09. The summed E-state index contributed by atoms with van der Waals surface area (Å²) >= 11 is 0. The van der Waals surface area contributed by atoms with Gasteiger partial charge < -0.3 is 15.3 Å². The number of Topliss-reactive ketones (excluding diaryl/α,β-unsaturated/α-hetero) is 1. The molecule has 2 aromatic carbocycles. The summed E-state index contributed by atoms with van der Waals surface area (Å²) in [4.78, 5) is 11.8. The van der Waals surface area contributed by atoms with Crippen molar-refractivity contribution in [3.05, 3.63) is 29.8 Å². The van der Waals surface area contributed by atoms with Gasteiger partial charge in [0.25, 0.3) is 0 Å². The predicted molar refractivity (Wildman–Crippen MR) is 68.2 cm³/mol. The van der Waals surface area contributed by atoms with Crippen LogP contribution < -0.4 is 0 Å². The average Bonchev–Trinajstić information content (AvgIpc) is 2.33. The molecular formula is C14H14O4. The Hall–Kier alpha value is -2.23. The summed E-state index contributed by atoms with van der Waals surface area (Å²) in [5, 5.41) is 30.0. The highest BCUT2D eigenvalue weighted by Gasteiger charge is 2.16. The Balaban J connectivity index is 2.70. The highest BCUT2D eigenvalue weighted by atomic mass is 16.3. The van der Waals surface area contributed by atoms with Gasteiger partial charge in [0.1, 0.15) is 17.2 Å². The SMILES string of the molecule is CCCC(=O)c1cc(O)c2ccc(O)cc2c1O. The molecular weight excluding hydrogens is 232 g/mol. The van der Waals surface area contributed by atoms with Gasteiger partial charge in [-0.15, -0.1) is 0 Å². The molecule has 2 aromatic rings. The summed E-state index contributed by atoms with van der Waals surface area (Å²) in [5.74, 6) is -0.535. The van der Waals surface area contributed by atoms with Crippen molar-refractivity contribution < 1.29 is 20.1 Å². The number of ketones is 1.